The molecule has 2 heterocycles. The zero-order valence-electron chi connectivity index (χ0n) is 12.2. The molecule has 0 bridgehead atoms. The lowest BCUT2D eigenvalue weighted by Crippen LogP contribution is -2.27. The van der Waals surface area contributed by atoms with Gasteiger partial charge in [0.2, 0.25) is 0 Å². The van der Waals surface area contributed by atoms with E-state index < -0.39 is 0 Å². The predicted octanol–water partition coefficient (Wildman–Crippen LogP) is 2.25. The number of carbonyl (C=O) groups excluding carboxylic acids is 1. The number of benzene rings is 1. The van der Waals surface area contributed by atoms with Crippen LogP contribution in [0.1, 0.15) is 23.8 Å². The number of ether oxygens (including phenoxy) is 2. The van der Waals surface area contributed by atoms with Crippen LogP contribution >= 0.6 is 0 Å². The third-order valence-electron chi connectivity index (χ3n) is 4.01. The van der Waals surface area contributed by atoms with E-state index in [1.807, 2.05) is 18.2 Å². The van der Waals surface area contributed by atoms with Gasteiger partial charge in [0.15, 0.2) is 29.3 Å². The number of nitrogens with one attached hydrogen (secondary N) is 1. The molecule has 2 atom stereocenters. The largest absolute Gasteiger partial charge is 0.486 e. The molecule has 2 aliphatic rings. The van der Waals surface area contributed by atoms with Crippen LogP contribution in [0.15, 0.2) is 29.0 Å². The second kappa shape index (κ2) is 5.05. The van der Waals surface area contributed by atoms with Gasteiger partial charge in [-0.15, -0.1) is 0 Å². The third-order valence-corrected chi connectivity index (χ3v) is 4.01. The van der Waals surface area contributed by atoms with Gasteiger partial charge in [-0.05, 0) is 30.5 Å². The summed E-state index contributed by atoms with van der Waals surface area (Å²) in [6, 6.07) is 5.71. The van der Waals surface area contributed by atoms with Crippen molar-refractivity contribution in [2.45, 2.75) is 19.4 Å². The van der Waals surface area contributed by atoms with Crippen LogP contribution in [0.2, 0.25) is 0 Å². The van der Waals surface area contributed by atoms with Gasteiger partial charge < -0.3 is 19.2 Å². The van der Waals surface area contributed by atoms with Crippen LogP contribution in [0.5, 0.6) is 11.5 Å². The Kier molecular flexibility index (Phi) is 3.03. The number of rotatable bonds is 3. The first kappa shape index (κ1) is 13.2. The lowest BCUT2D eigenvalue weighted by atomic mass is 10.1. The molecule has 6 nitrogen and oxygen atoms in total. The van der Waals surface area contributed by atoms with Gasteiger partial charge >= 0.3 is 0 Å². The van der Waals surface area contributed by atoms with Crippen molar-refractivity contribution in [3.8, 4) is 22.8 Å². The summed E-state index contributed by atoms with van der Waals surface area (Å²) in [5.74, 6) is 2.14. The molecule has 4 rings (SSSR count). The summed E-state index contributed by atoms with van der Waals surface area (Å²) < 4.78 is 16.5. The Morgan fingerprint density at radius 1 is 1.27 bits per heavy atom. The molecule has 1 amide bonds. The number of oxazole rings is 1. The molecule has 1 fully saturated rings. The maximum atomic E-state index is 12.3. The molecular formula is C16H16N2O4. The molecule has 1 aliphatic carbocycles. The average Bonchev–Trinajstić information content (AvgIpc) is 3.04. The molecule has 0 unspecified atom stereocenters. The second-order valence-electron chi connectivity index (χ2n) is 5.68. The van der Waals surface area contributed by atoms with Gasteiger partial charge in [0, 0.05) is 11.6 Å². The normalized spacial score (nSPS) is 22.2. The molecule has 0 spiro atoms. The summed E-state index contributed by atoms with van der Waals surface area (Å²) in [6.45, 7) is 3.16. The van der Waals surface area contributed by atoms with Crippen molar-refractivity contribution in [2.24, 2.45) is 5.92 Å². The topological polar surface area (TPSA) is 73.6 Å². The van der Waals surface area contributed by atoms with Crippen LogP contribution in [0, 0.1) is 5.92 Å². The number of aromatic nitrogens is 1. The highest BCUT2D eigenvalue weighted by Gasteiger charge is 2.35. The lowest BCUT2D eigenvalue weighted by molar-refractivity contribution is 0.0945. The van der Waals surface area contributed by atoms with E-state index in [2.05, 4.69) is 17.2 Å². The Balaban J connectivity index is 1.63. The van der Waals surface area contributed by atoms with Crippen LogP contribution < -0.4 is 14.8 Å². The van der Waals surface area contributed by atoms with Crippen LogP contribution in [0.4, 0.5) is 0 Å². The van der Waals surface area contributed by atoms with Crippen molar-refractivity contribution < 1.29 is 18.7 Å². The van der Waals surface area contributed by atoms with Crippen molar-refractivity contribution in [3.05, 3.63) is 30.3 Å². The fraction of sp³-hybridized carbons (Fsp3) is 0.375. The molecule has 6 heteroatoms. The highest BCUT2D eigenvalue weighted by molar-refractivity contribution is 5.98. The molecule has 2 aromatic rings. The fourth-order valence-corrected chi connectivity index (χ4v) is 2.56. The van der Waals surface area contributed by atoms with Crippen LogP contribution in [0.3, 0.4) is 0 Å². The van der Waals surface area contributed by atoms with E-state index in [0.717, 1.165) is 12.0 Å². The zero-order chi connectivity index (χ0) is 15.1. The van der Waals surface area contributed by atoms with E-state index in [1.54, 1.807) is 0 Å². The monoisotopic (exact) mass is 300 g/mol. The first-order valence-corrected chi connectivity index (χ1v) is 7.37. The van der Waals surface area contributed by atoms with Crippen molar-refractivity contribution in [3.63, 3.8) is 0 Å². The van der Waals surface area contributed by atoms with E-state index >= 15 is 0 Å². The molecule has 0 radical (unpaired) electrons. The minimum absolute atomic E-state index is 0.201. The predicted molar refractivity (Wildman–Crippen MR) is 78.0 cm³/mol. The highest BCUT2D eigenvalue weighted by Crippen LogP contribution is 2.36. The van der Waals surface area contributed by atoms with Crippen molar-refractivity contribution >= 4 is 5.91 Å². The summed E-state index contributed by atoms with van der Waals surface area (Å²) in [5, 5.41) is 2.96. The number of fused-ring (bicyclic) bond motifs is 1. The van der Waals surface area contributed by atoms with Crippen molar-refractivity contribution in [1.29, 1.82) is 0 Å². The molecule has 114 valence electrons. The number of hydrogen-bond donors (Lipinski definition) is 1. The smallest absolute Gasteiger partial charge is 0.274 e. The van der Waals surface area contributed by atoms with Gasteiger partial charge in [-0.1, -0.05) is 6.92 Å². The number of hydrogen-bond acceptors (Lipinski definition) is 5. The highest BCUT2D eigenvalue weighted by atomic mass is 16.6. The van der Waals surface area contributed by atoms with E-state index in [4.69, 9.17) is 13.9 Å². The molecule has 1 saturated carbocycles. The molecular weight excluding hydrogens is 284 g/mol. The van der Waals surface area contributed by atoms with E-state index in [1.165, 1.54) is 6.39 Å². The third kappa shape index (κ3) is 2.30. The van der Waals surface area contributed by atoms with Crippen molar-refractivity contribution in [1.82, 2.24) is 10.3 Å². The molecule has 1 aromatic heterocycles. The number of carbonyl (C=O) groups is 1. The van der Waals surface area contributed by atoms with Gasteiger partial charge in [0.05, 0.1) is 0 Å². The summed E-state index contributed by atoms with van der Waals surface area (Å²) >= 11 is 0. The van der Waals surface area contributed by atoms with Gasteiger partial charge in [-0.2, -0.15) is 0 Å². The second-order valence-corrected chi connectivity index (χ2v) is 5.68. The van der Waals surface area contributed by atoms with Crippen LogP contribution in [-0.4, -0.2) is 30.1 Å². The molecule has 22 heavy (non-hydrogen) atoms. The summed E-state index contributed by atoms with van der Waals surface area (Å²) in [6.07, 6.45) is 2.31. The Morgan fingerprint density at radius 3 is 2.82 bits per heavy atom. The standard InChI is InChI=1S/C16H16N2O4/c1-9-6-11(9)18-16(19)14-15(22-8-17-14)10-2-3-12-13(7-10)21-5-4-20-12/h2-3,7-9,11H,4-6H2,1H3,(H,18,19)/t9-,11-/m1/s1. The molecule has 1 N–H and O–H groups in total. The fourth-order valence-electron chi connectivity index (χ4n) is 2.56. The maximum Gasteiger partial charge on any atom is 0.274 e. The van der Waals surface area contributed by atoms with Gasteiger partial charge in [0.1, 0.15) is 13.2 Å². The van der Waals surface area contributed by atoms with Crippen LogP contribution in [-0.2, 0) is 0 Å². The quantitative estimate of drug-likeness (QED) is 0.941. The summed E-state index contributed by atoms with van der Waals surface area (Å²) in [4.78, 5) is 16.4. The first-order chi connectivity index (χ1) is 10.7. The van der Waals surface area contributed by atoms with E-state index in [0.29, 0.717) is 42.1 Å². The first-order valence-electron chi connectivity index (χ1n) is 7.37. The van der Waals surface area contributed by atoms with Crippen molar-refractivity contribution in [2.75, 3.05) is 13.2 Å². The average molecular weight is 300 g/mol. The van der Waals surface area contributed by atoms with Gasteiger partial charge in [0.25, 0.3) is 5.91 Å². The Hall–Kier alpha value is -2.50. The van der Waals surface area contributed by atoms with Gasteiger partial charge in [-0.25, -0.2) is 4.98 Å². The zero-order valence-corrected chi connectivity index (χ0v) is 12.2. The Labute approximate surface area is 127 Å². The molecule has 1 aliphatic heterocycles. The molecule has 0 saturated heterocycles. The SMILES string of the molecule is C[C@@H]1C[C@H]1NC(=O)c1ncoc1-c1ccc2c(c1)OCCO2. The minimum atomic E-state index is -0.201. The summed E-state index contributed by atoms with van der Waals surface area (Å²) in [5.41, 5.74) is 1.05. The molecule has 1 aromatic carbocycles. The Morgan fingerprint density at radius 2 is 2.05 bits per heavy atom. The lowest BCUT2D eigenvalue weighted by Gasteiger charge is -2.18. The maximum absolute atomic E-state index is 12.3. The van der Waals surface area contributed by atoms with E-state index in [9.17, 15) is 4.79 Å². The minimum Gasteiger partial charge on any atom is -0.486 e. The number of amides is 1. The van der Waals surface area contributed by atoms with E-state index in [-0.39, 0.29) is 11.9 Å². The van der Waals surface area contributed by atoms with Crippen LogP contribution in [0.25, 0.3) is 11.3 Å². The Bertz CT molecular complexity index is 725. The van der Waals surface area contributed by atoms with Gasteiger partial charge in [-0.3, -0.25) is 4.79 Å². The number of nitrogens with zero attached hydrogens (tertiary/aromatic N) is 1. The summed E-state index contributed by atoms with van der Waals surface area (Å²) in [7, 11) is 0.